The van der Waals surface area contributed by atoms with Crippen LogP contribution in [0.3, 0.4) is 0 Å². The van der Waals surface area contributed by atoms with E-state index in [2.05, 4.69) is 10.8 Å². The van der Waals surface area contributed by atoms with Crippen molar-refractivity contribution in [1.82, 2.24) is 0 Å². The molecule has 0 heterocycles. The zero-order valence-corrected chi connectivity index (χ0v) is 27.4. The molecule has 4 rings (SSSR count). The van der Waals surface area contributed by atoms with Crippen molar-refractivity contribution in [3.63, 3.8) is 0 Å². The fraction of sp³-hybridized carbons (Fsp3) is 0.421. The molecule has 1 fully saturated rings. The highest BCUT2D eigenvalue weighted by Crippen LogP contribution is 2.53. The van der Waals surface area contributed by atoms with Gasteiger partial charge in [0.1, 0.15) is 23.7 Å². The van der Waals surface area contributed by atoms with Crippen LogP contribution in [0.1, 0.15) is 86.8 Å². The predicted octanol–water partition coefficient (Wildman–Crippen LogP) is 9.51. The van der Waals surface area contributed by atoms with Crippen LogP contribution < -0.4 is 9.47 Å². The van der Waals surface area contributed by atoms with E-state index in [0.29, 0.717) is 29.9 Å². The maximum absolute atomic E-state index is 12.5. The molecular formula is C38H43F3O6. The zero-order valence-electron chi connectivity index (χ0n) is 27.4. The number of allylic oxidation sites excluding steroid dienone is 1. The first kappa shape index (κ1) is 35.6. The Morgan fingerprint density at radius 3 is 2.19 bits per heavy atom. The minimum atomic E-state index is -4.75. The first-order valence-corrected chi connectivity index (χ1v) is 16.0. The lowest BCUT2D eigenvalue weighted by Gasteiger charge is -2.20. The number of hydrogen-bond acceptors (Lipinski definition) is 6. The fourth-order valence-electron chi connectivity index (χ4n) is 5.32. The molecule has 3 aromatic carbocycles. The van der Waals surface area contributed by atoms with Crippen LogP contribution in [-0.4, -0.2) is 30.5 Å². The van der Waals surface area contributed by atoms with Crippen molar-refractivity contribution in [2.45, 2.75) is 84.8 Å². The van der Waals surface area contributed by atoms with Gasteiger partial charge >= 0.3 is 18.3 Å². The highest BCUT2D eigenvalue weighted by molar-refractivity contribution is 5.89. The molecule has 252 valence electrons. The summed E-state index contributed by atoms with van der Waals surface area (Å²) in [5.41, 5.74) is 2.54. The van der Waals surface area contributed by atoms with Crippen molar-refractivity contribution < 1.29 is 41.7 Å². The average molecular weight is 653 g/mol. The van der Waals surface area contributed by atoms with Crippen LogP contribution >= 0.6 is 0 Å². The maximum Gasteiger partial charge on any atom is 0.573 e. The summed E-state index contributed by atoms with van der Waals surface area (Å²) >= 11 is 0. The van der Waals surface area contributed by atoms with E-state index in [1.165, 1.54) is 24.3 Å². The van der Waals surface area contributed by atoms with Crippen LogP contribution in [0.2, 0.25) is 0 Å². The van der Waals surface area contributed by atoms with Gasteiger partial charge in [-0.15, -0.1) is 13.2 Å². The molecule has 0 aromatic heterocycles. The summed E-state index contributed by atoms with van der Waals surface area (Å²) in [7, 11) is 0. The number of ether oxygens (including phenoxy) is 4. The first-order valence-electron chi connectivity index (χ1n) is 16.0. The van der Waals surface area contributed by atoms with Gasteiger partial charge in [0, 0.05) is 5.56 Å². The van der Waals surface area contributed by atoms with E-state index < -0.39 is 12.0 Å². The van der Waals surface area contributed by atoms with Gasteiger partial charge in [-0.3, -0.25) is 4.79 Å². The first-order chi connectivity index (χ1) is 22.2. The topological polar surface area (TPSA) is 71.1 Å². The van der Waals surface area contributed by atoms with Crippen molar-refractivity contribution in [2.75, 3.05) is 6.61 Å². The Morgan fingerprint density at radius 2 is 1.57 bits per heavy atom. The molecule has 0 radical (unpaired) electrons. The molecule has 1 saturated carbocycles. The molecule has 1 aliphatic rings. The van der Waals surface area contributed by atoms with E-state index in [0.717, 1.165) is 43.2 Å². The van der Waals surface area contributed by atoms with Crippen LogP contribution in [0.25, 0.3) is 6.08 Å². The molecule has 0 spiro atoms. The molecule has 0 N–H and O–H groups in total. The molecule has 9 heteroatoms. The third-order valence-corrected chi connectivity index (χ3v) is 7.93. The molecule has 1 atom stereocenters. The lowest BCUT2D eigenvalue weighted by atomic mass is 9.87. The Balaban J connectivity index is 1.46. The van der Waals surface area contributed by atoms with Crippen molar-refractivity contribution in [3.8, 4) is 11.5 Å². The minimum absolute atomic E-state index is 0.0133. The zero-order chi connectivity index (χ0) is 34.1. The highest BCUT2D eigenvalue weighted by Gasteiger charge is 2.44. The lowest BCUT2D eigenvalue weighted by Crippen LogP contribution is -2.23. The Labute approximate surface area is 274 Å². The molecule has 1 aliphatic carbocycles. The summed E-state index contributed by atoms with van der Waals surface area (Å²) in [6.45, 7) is 7.86. The smallest absolute Gasteiger partial charge is 0.488 e. The van der Waals surface area contributed by atoms with Gasteiger partial charge in [-0.1, -0.05) is 54.6 Å². The minimum Gasteiger partial charge on any atom is -0.488 e. The van der Waals surface area contributed by atoms with Crippen molar-refractivity contribution in [3.05, 3.63) is 101 Å². The third kappa shape index (κ3) is 12.1. The molecule has 1 unspecified atom stereocenters. The second-order valence-electron chi connectivity index (χ2n) is 13.1. The number of esters is 2. The summed E-state index contributed by atoms with van der Waals surface area (Å²) in [6.07, 6.45) is 4.37. The average Bonchev–Trinajstić information content (AvgIpc) is 3.76. The standard InChI is InChI=1S/C38H43F3O6/c1-5-44-34(42)25-37(22-23-37)21-20-28(24-27-11-16-31(17-12-27)35(43)47-36(2,3)4)10-15-30-8-6-7-9-33(30)45-26-29-13-18-32(19-14-29)46-38(39,40)41/h6-19,28H,5,20-26H2,1-4H3. The van der Waals surface area contributed by atoms with Gasteiger partial charge in [-0.2, -0.15) is 0 Å². The third-order valence-electron chi connectivity index (χ3n) is 7.93. The van der Waals surface area contributed by atoms with E-state index in [9.17, 15) is 22.8 Å². The quantitative estimate of drug-likeness (QED) is 0.152. The fourth-order valence-corrected chi connectivity index (χ4v) is 5.32. The molecule has 0 amide bonds. The van der Waals surface area contributed by atoms with Crippen LogP contribution in [0.15, 0.2) is 78.9 Å². The second-order valence-corrected chi connectivity index (χ2v) is 13.1. The normalized spacial score (nSPS) is 14.8. The summed E-state index contributed by atoms with van der Waals surface area (Å²) in [6, 6.07) is 20.7. The van der Waals surface area contributed by atoms with Crippen LogP contribution in [0.4, 0.5) is 13.2 Å². The molecular weight excluding hydrogens is 609 g/mol. The highest BCUT2D eigenvalue weighted by atomic mass is 19.4. The number of benzene rings is 3. The molecule has 0 bridgehead atoms. The maximum atomic E-state index is 12.5. The number of carbonyl (C=O) groups is 2. The lowest BCUT2D eigenvalue weighted by molar-refractivity contribution is -0.274. The number of halogens is 3. The Kier molecular flexibility index (Phi) is 11.8. The number of carbonyl (C=O) groups excluding carboxylic acids is 2. The number of rotatable bonds is 15. The number of alkyl halides is 3. The van der Waals surface area contributed by atoms with Gasteiger partial charge in [-0.25, -0.2) is 4.79 Å². The Hall–Kier alpha value is -4.27. The molecule has 0 saturated heterocycles. The van der Waals surface area contributed by atoms with E-state index in [-0.39, 0.29) is 35.6 Å². The van der Waals surface area contributed by atoms with Gasteiger partial charge in [0.15, 0.2) is 0 Å². The second kappa shape index (κ2) is 15.5. The van der Waals surface area contributed by atoms with Crippen molar-refractivity contribution >= 4 is 18.0 Å². The van der Waals surface area contributed by atoms with E-state index in [1.807, 2.05) is 70.2 Å². The van der Waals surface area contributed by atoms with Crippen LogP contribution in [0, 0.1) is 11.3 Å². The van der Waals surface area contributed by atoms with Gasteiger partial charge in [-0.05, 0) is 113 Å². The van der Waals surface area contributed by atoms with E-state index in [1.54, 1.807) is 12.1 Å². The van der Waals surface area contributed by atoms with Crippen molar-refractivity contribution in [1.29, 1.82) is 0 Å². The van der Waals surface area contributed by atoms with Gasteiger partial charge in [0.05, 0.1) is 18.6 Å². The molecule has 6 nitrogen and oxygen atoms in total. The predicted molar refractivity (Wildman–Crippen MR) is 174 cm³/mol. The summed E-state index contributed by atoms with van der Waals surface area (Å²) < 4.78 is 58.2. The van der Waals surface area contributed by atoms with E-state index in [4.69, 9.17) is 14.2 Å². The Bertz CT molecular complexity index is 1500. The van der Waals surface area contributed by atoms with Crippen LogP contribution in [0.5, 0.6) is 11.5 Å². The van der Waals surface area contributed by atoms with Crippen molar-refractivity contribution in [2.24, 2.45) is 11.3 Å². The van der Waals surface area contributed by atoms with Gasteiger partial charge < -0.3 is 18.9 Å². The molecule has 0 aliphatic heterocycles. The SMILES string of the molecule is CCOC(=O)CC1(CCC(C=Cc2ccccc2OCc2ccc(OC(F)(F)F)cc2)Cc2ccc(C(=O)OC(C)(C)C)cc2)CC1. The molecule has 3 aromatic rings. The number of hydrogen-bond donors (Lipinski definition) is 0. The summed E-state index contributed by atoms with van der Waals surface area (Å²) in [4.78, 5) is 24.8. The number of para-hydroxylation sites is 1. The Morgan fingerprint density at radius 1 is 0.915 bits per heavy atom. The summed E-state index contributed by atoms with van der Waals surface area (Å²) in [5.74, 6) is -0.0248. The van der Waals surface area contributed by atoms with Crippen LogP contribution in [-0.2, 0) is 27.3 Å². The largest absolute Gasteiger partial charge is 0.573 e. The van der Waals surface area contributed by atoms with Gasteiger partial charge in [0.25, 0.3) is 0 Å². The monoisotopic (exact) mass is 652 g/mol. The molecule has 47 heavy (non-hydrogen) atoms. The summed E-state index contributed by atoms with van der Waals surface area (Å²) in [5, 5.41) is 0. The van der Waals surface area contributed by atoms with Gasteiger partial charge in [0.2, 0.25) is 0 Å². The van der Waals surface area contributed by atoms with E-state index >= 15 is 0 Å².